The molecule has 1 heterocycles. The van der Waals surface area contributed by atoms with Crippen molar-refractivity contribution in [2.24, 2.45) is 0 Å². The number of aryl methyl sites for hydroxylation is 1. The van der Waals surface area contributed by atoms with E-state index in [9.17, 15) is 13.0 Å². The summed E-state index contributed by atoms with van der Waals surface area (Å²) in [4.78, 5) is 2.56. The van der Waals surface area contributed by atoms with Crippen LogP contribution >= 0.6 is 0 Å². The van der Waals surface area contributed by atoms with Crippen molar-refractivity contribution in [2.75, 3.05) is 23.7 Å². The predicted octanol–water partition coefficient (Wildman–Crippen LogP) is 10.8. The summed E-state index contributed by atoms with van der Waals surface area (Å²) in [6.07, 6.45) is 10.0. The van der Waals surface area contributed by atoms with Crippen LogP contribution in [0.4, 0.5) is 5.69 Å². The number of rotatable bonds is 12. The Labute approximate surface area is 299 Å². The van der Waals surface area contributed by atoms with Crippen LogP contribution in [0.5, 0.6) is 0 Å². The van der Waals surface area contributed by atoms with Gasteiger partial charge in [-0.3, -0.25) is 0 Å². The Morgan fingerprint density at radius 3 is 1.45 bits per heavy atom. The summed E-state index contributed by atoms with van der Waals surface area (Å²) in [5.74, 6) is -0.310. The fraction of sp³-hybridized carbons (Fsp3) is 0.267. The van der Waals surface area contributed by atoms with Gasteiger partial charge >= 0.3 is 0 Å². The first-order valence-electron chi connectivity index (χ1n) is 18.5. The first-order valence-corrected chi connectivity index (χ1v) is 20.1. The molecule has 0 unspecified atom stereocenters. The van der Waals surface area contributed by atoms with Crippen molar-refractivity contribution in [1.29, 1.82) is 0 Å². The molecule has 258 valence electrons. The Balaban J connectivity index is 1.16. The molecule has 0 spiro atoms. The fourth-order valence-corrected chi connectivity index (χ4v) is 8.66. The van der Waals surface area contributed by atoms with E-state index in [0.29, 0.717) is 19.4 Å². The van der Waals surface area contributed by atoms with Gasteiger partial charge in [0, 0.05) is 47.8 Å². The second kappa shape index (κ2) is 13.7. The highest BCUT2D eigenvalue weighted by Gasteiger charge is 2.14. The number of benzene rings is 7. The Kier molecular flexibility index (Phi) is 8.99. The summed E-state index contributed by atoms with van der Waals surface area (Å²) in [6, 6.07) is 36.6. The molecule has 7 aromatic carbocycles. The van der Waals surface area contributed by atoms with Crippen molar-refractivity contribution in [3.63, 3.8) is 0 Å². The summed E-state index contributed by atoms with van der Waals surface area (Å²) in [6.45, 7) is 7.43. The van der Waals surface area contributed by atoms with Crippen molar-refractivity contribution < 1.29 is 17.5 Å². The van der Waals surface area contributed by atoms with Gasteiger partial charge in [0.15, 0.2) is 12.4 Å². The standard InChI is InChI=1S/C45H44N2O3S/c1-3-5-25-47(26-6-4-2)33-11-14-34-31(29-33)9-12-38-36(34)15-17-42-40(38)19-21-45-43-18-16-37-35-23-27-46(24-7-8-28-51(48,49)50)30-32(35)10-13-39(37)41(43)20-22-44(42)45/h9-23,27,29-30H,3-8,24-26,28H2,1-2H3. The summed E-state index contributed by atoms with van der Waals surface area (Å²) in [5, 5.41) is 17.5. The number of nitrogens with zero attached hydrogens (tertiary/aromatic N) is 2. The van der Waals surface area contributed by atoms with E-state index in [1.54, 1.807) is 0 Å². The van der Waals surface area contributed by atoms with Crippen LogP contribution < -0.4 is 9.47 Å². The molecule has 1 aromatic heterocycles. The average molecular weight is 693 g/mol. The summed E-state index contributed by atoms with van der Waals surface area (Å²) >= 11 is 0. The number of anilines is 1. The molecule has 0 saturated heterocycles. The molecule has 6 heteroatoms. The second-order valence-electron chi connectivity index (χ2n) is 14.1. The molecule has 0 bridgehead atoms. The third-order valence-electron chi connectivity index (χ3n) is 10.8. The maximum absolute atomic E-state index is 11.0. The molecule has 0 atom stereocenters. The van der Waals surface area contributed by atoms with E-state index in [1.807, 2.05) is 6.20 Å². The van der Waals surface area contributed by atoms with Gasteiger partial charge in [-0.1, -0.05) is 99.5 Å². The maximum Gasteiger partial charge on any atom is 0.176 e. The van der Waals surface area contributed by atoms with Gasteiger partial charge in [-0.25, -0.2) is 13.0 Å². The number of hydrogen-bond acceptors (Lipinski definition) is 4. The quantitative estimate of drug-likeness (QED) is 0.0553. The van der Waals surface area contributed by atoms with Crippen molar-refractivity contribution in [3.8, 4) is 0 Å². The third kappa shape index (κ3) is 6.36. The Bertz CT molecular complexity index is 2710. The zero-order valence-electron chi connectivity index (χ0n) is 29.5. The minimum atomic E-state index is -4.17. The second-order valence-corrected chi connectivity index (χ2v) is 15.6. The van der Waals surface area contributed by atoms with Gasteiger partial charge in [0.1, 0.15) is 6.54 Å². The Hall–Kier alpha value is -4.78. The van der Waals surface area contributed by atoms with Gasteiger partial charge in [-0.05, 0) is 102 Å². The highest BCUT2D eigenvalue weighted by atomic mass is 32.2. The normalized spacial score (nSPS) is 12.4. The maximum atomic E-state index is 11.0. The summed E-state index contributed by atoms with van der Waals surface area (Å²) < 4.78 is 34.9. The topological polar surface area (TPSA) is 64.3 Å². The van der Waals surface area contributed by atoms with Crippen LogP contribution in [0.25, 0.3) is 75.4 Å². The number of aromatic nitrogens is 1. The molecule has 0 saturated carbocycles. The van der Waals surface area contributed by atoms with E-state index >= 15 is 0 Å². The van der Waals surface area contributed by atoms with Crippen LogP contribution in [0.15, 0.2) is 109 Å². The molecule has 8 rings (SSSR count). The van der Waals surface area contributed by atoms with E-state index in [1.165, 1.54) is 101 Å². The van der Waals surface area contributed by atoms with Gasteiger partial charge in [-0.2, -0.15) is 0 Å². The lowest BCUT2D eigenvalue weighted by molar-refractivity contribution is -0.696. The molecule has 0 fully saturated rings. The average Bonchev–Trinajstić information content (AvgIpc) is 3.14. The third-order valence-corrected chi connectivity index (χ3v) is 11.6. The molecule has 0 aliphatic carbocycles. The Morgan fingerprint density at radius 2 is 0.961 bits per heavy atom. The zero-order valence-corrected chi connectivity index (χ0v) is 30.3. The minimum absolute atomic E-state index is 0.310. The lowest BCUT2D eigenvalue weighted by atomic mass is 9.91. The molecule has 0 aliphatic rings. The zero-order chi connectivity index (χ0) is 35.1. The van der Waals surface area contributed by atoms with Gasteiger partial charge in [0.05, 0.1) is 10.1 Å². The van der Waals surface area contributed by atoms with Crippen LogP contribution in [0.1, 0.15) is 52.4 Å². The molecule has 0 N–H and O–H groups in total. The van der Waals surface area contributed by atoms with Crippen LogP contribution in [-0.2, 0) is 16.7 Å². The van der Waals surface area contributed by atoms with Crippen molar-refractivity contribution >= 4 is 91.2 Å². The monoisotopic (exact) mass is 692 g/mol. The number of fused-ring (bicyclic) bond motifs is 13. The molecule has 8 aromatic rings. The lowest BCUT2D eigenvalue weighted by Gasteiger charge is -2.25. The van der Waals surface area contributed by atoms with Crippen LogP contribution in [0.3, 0.4) is 0 Å². The fourth-order valence-electron chi connectivity index (χ4n) is 8.11. The SMILES string of the molecule is CCCCN(CCCC)c1ccc2c(ccc3c2ccc2c3ccc3c4ccc5c6cc[n+](CCCCS(=O)(=O)[O-])cc6ccc5c4ccc23)c1. The molecule has 0 amide bonds. The van der Waals surface area contributed by atoms with Crippen LogP contribution in [-0.4, -0.2) is 31.8 Å². The van der Waals surface area contributed by atoms with Gasteiger partial charge in [0.2, 0.25) is 0 Å². The Morgan fingerprint density at radius 1 is 0.529 bits per heavy atom. The molecule has 51 heavy (non-hydrogen) atoms. The molecular weight excluding hydrogens is 649 g/mol. The molecule has 5 nitrogen and oxygen atoms in total. The van der Waals surface area contributed by atoms with E-state index in [2.05, 4.69) is 127 Å². The van der Waals surface area contributed by atoms with Gasteiger partial charge in [0.25, 0.3) is 0 Å². The lowest BCUT2D eigenvalue weighted by Crippen LogP contribution is -2.32. The number of unbranched alkanes of at least 4 members (excludes halogenated alkanes) is 3. The van der Waals surface area contributed by atoms with Crippen molar-refractivity contribution in [2.45, 2.75) is 58.9 Å². The summed E-state index contributed by atoms with van der Waals surface area (Å²) in [5.41, 5.74) is 1.33. The largest absolute Gasteiger partial charge is 0.748 e. The van der Waals surface area contributed by atoms with E-state index in [4.69, 9.17) is 0 Å². The molecular formula is C45H44N2O3S. The van der Waals surface area contributed by atoms with Gasteiger partial charge in [-0.15, -0.1) is 0 Å². The summed E-state index contributed by atoms with van der Waals surface area (Å²) in [7, 11) is -4.17. The van der Waals surface area contributed by atoms with Crippen LogP contribution in [0.2, 0.25) is 0 Å². The highest BCUT2D eigenvalue weighted by Crippen LogP contribution is 2.40. The van der Waals surface area contributed by atoms with Crippen molar-refractivity contribution in [3.05, 3.63) is 109 Å². The van der Waals surface area contributed by atoms with E-state index in [0.717, 1.165) is 18.5 Å². The highest BCUT2D eigenvalue weighted by molar-refractivity contribution is 7.85. The predicted molar refractivity (Wildman–Crippen MR) is 215 cm³/mol. The van der Waals surface area contributed by atoms with Gasteiger partial charge < -0.3 is 9.45 Å². The van der Waals surface area contributed by atoms with Crippen molar-refractivity contribution in [1.82, 2.24) is 0 Å². The number of hydrogen-bond donors (Lipinski definition) is 0. The first-order chi connectivity index (χ1) is 24.8. The number of pyridine rings is 1. The first kappa shape index (κ1) is 33.4. The van der Waals surface area contributed by atoms with E-state index in [-0.39, 0.29) is 5.75 Å². The molecule has 0 radical (unpaired) electrons. The molecule has 0 aliphatic heterocycles. The minimum Gasteiger partial charge on any atom is -0.748 e. The van der Waals surface area contributed by atoms with E-state index < -0.39 is 10.1 Å². The van der Waals surface area contributed by atoms with Crippen LogP contribution in [0, 0.1) is 0 Å². The smallest absolute Gasteiger partial charge is 0.176 e.